The first kappa shape index (κ1) is 54.4. The number of unbranched alkanes of at least 4 members (excludes halogenated alkanes) is 31. The molecule has 0 N–H and O–H groups in total. The summed E-state index contributed by atoms with van der Waals surface area (Å²) >= 11 is 0. The van der Waals surface area contributed by atoms with Crippen LogP contribution in [0.3, 0.4) is 0 Å². The van der Waals surface area contributed by atoms with Crippen LogP contribution < -0.4 is 0 Å². The second-order valence-corrected chi connectivity index (χ2v) is 17.3. The van der Waals surface area contributed by atoms with Gasteiger partial charge in [0.1, 0.15) is 13.2 Å². The minimum absolute atomic E-state index is 0.0631. The molecule has 0 spiro atoms. The van der Waals surface area contributed by atoms with Gasteiger partial charge in [0.2, 0.25) is 0 Å². The van der Waals surface area contributed by atoms with Gasteiger partial charge in [0.05, 0.1) is 0 Å². The van der Waals surface area contributed by atoms with E-state index >= 15 is 0 Å². The van der Waals surface area contributed by atoms with Crippen molar-refractivity contribution in [2.24, 2.45) is 5.92 Å². The summed E-state index contributed by atoms with van der Waals surface area (Å²) in [5, 5.41) is 0. The molecule has 1 unspecified atom stereocenters. The second kappa shape index (κ2) is 44.5. The molecule has 56 heavy (non-hydrogen) atoms. The Balaban J connectivity index is 4.29. The molecule has 2 atom stereocenters. The highest BCUT2D eigenvalue weighted by atomic mass is 16.6. The monoisotopic (exact) mass is 793 g/mol. The van der Waals surface area contributed by atoms with Crippen LogP contribution in [0.5, 0.6) is 0 Å². The number of hydrogen-bond acceptors (Lipinski definition) is 6. The van der Waals surface area contributed by atoms with Crippen LogP contribution in [0.15, 0.2) is 0 Å². The third-order valence-electron chi connectivity index (χ3n) is 11.7. The van der Waals surface area contributed by atoms with Crippen molar-refractivity contribution in [1.29, 1.82) is 0 Å². The maximum atomic E-state index is 12.7. The third kappa shape index (κ3) is 42.0. The molecule has 0 fully saturated rings. The lowest BCUT2D eigenvalue weighted by atomic mass is 9.99. The first-order valence-corrected chi connectivity index (χ1v) is 24.9. The van der Waals surface area contributed by atoms with Gasteiger partial charge in [-0.1, -0.05) is 240 Å². The predicted molar refractivity (Wildman–Crippen MR) is 238 cm³/mol. The lowest BCUT2D eigenvalue weighted by Crippen LogP contribution is -2.30. The molecule has 6 nitrogen and oxygen atoms in total. The molecule has 6 heteroatoms. The molecule has 0 aromatic heterocycles. The first-order valence-electron chi connectivity index (χ1n) is 24.9. The normalized spacial score (nSPS) is 12.4. The highest BCUT2D eigenvalue weighted by molar-refractivity contribution is 5.71. The Labute approximate surface area is 348 Å². The van der Waals surface area contributed by atoms with Gasteiger partial charge >= 0.3 is 17.9 Å². The van der Waals surface area contributed by atoms with Gasteiger partial charge in [-0.3, -0.25) is 14.4 Å². The summed E-state index contributed by atoms with van der Waals surface area (Å²) in [6, 6.07) is 0. The average molecular weight is 793 g/mol. The van der Waals surface area contributed by atoms with E-state index in [1.165, 1.54) is 173 Å². The standard InChI is InChI=1S/C50H96O6/c1-5-8-10-12-14-16-18-19-20-21-26-29-33-37-41-48(51)54-44-47(56-50(53)43-39-35-31-25-17-15-13-11-9-6-2)45-55-49(52)42-38-34-30-27-23-22-24-28-32-36-40-46(4)7-3/h46-47H,5-45H2,1-4H3/t46?,47-/m1/s1. The van der Waals surface area contributed by atoms with Crippen molar-refractivity contribution in [1.82, 2.24) is 0 Å². The predicted octanol–water partition coefficient (Wildman–Crippen LogP) is 15.9. The maximum absolute atomic E-state index is 12.7. The molecule has 0 aromatic carbocycles. The Morgan fingerprint density at radius 2 is 0.625 bits per heavy atom. The van der Waals surface area contributed by atoms with E-state index in [2.05, 4.69) is 27.7 Å². The molecule has 0 aliphatic rings. The topological polar surface area (TPSA) is 78.9 Å². The summed E-state index contributed by atoms with van der Waals surface area (Å²) in [6.07, 6.45) is 45.0. The van der Waals surface area contributed by atoms with Gasteiger partial charge in [-0.25, -0.2) is 0 Å². The summed E-state index contributed by atoms with van der Waals surface area (Å²) in [6.45, 7) is 9.03. The molecule has 0 bridgehead atoms. The quantitative estimate of drug-likeness (QED) is 0.0347. The summed E-state index contributed by atoms with van der Waals surface area (Å²) in [7, 11) is 0. The van der Waals surface area contributed by atoms with E-state index in [-0.39, 0.29) is 31.1 Å². The van der Waals surface area contributed by atoms with Gasteiger partial charge in [0.15, 0.2) is 6.10 Å². The van der Waals surface area contributed by atoms with Crippen LogP contribution in [-0.4, -0.2) is 37.2 Å². The zero-order valence-corrected chi connectivity index (χ0v) is 38.1. The van der Waals surface area contributed by atoms with Crippen LogP contribution in [0.4, 0.5) is 0 Å². The Hall–Kier alpha value is -1.59. The van der Waals surface area contributed by atoms with Gasteiger partial charge in [0.25, 0.3) is 0 Å². The number of hydrogen-bond donors (Lipinski definition) is 0. The number of rotatable bonds is 45. The third-order valence-corrected chi connectivity index (χ3v) is 11.7. The molecular formula is C50H96O6. The lowest BCUT2D eigenvalue weighted by molar-refractivity contribution is -0.167. The minimum Gasteiger partial charge on any atom is -0.462 e. The van der Waals surface area contributed by atoms with E-state index in [1.807, 2.05) is 0 Å². The van der Waals surface area contributed by atoms with Crippen molar-refractivity contribution < 1.29 is 28.6 Å². The van der Waals surface area contributed by atoms with Crippen LogP contribution in [0.1, 0.15) is 278 Å². The van der Waals surface area contributed by atoms with Crippen molar-refractivity contribution in [3.05, 3.63) is 0 Å². The van der Waals surface area contributed by atoms with Gasteiger partial charge in [0, 0.05) is 19.3 Å². The van der Waals surface area contributed by atoms with E-state index in [0.29, 0.717) is 19.3 Å². The summed E-state index contributed by atoms with van der Waals surface area (Å²) < 4.78 is 16.8. The maximum Gasteiger partial charge on any atom is 0.306 e. The van der Waals surface area contributed by atoms with Gasteiger partial charge < -0.3 is 14.2 Å². The minimum atomic E-state index is -0.759. The smallest absolute Gasteiger partial charge is 0.306 e. The Bertz CT molecular complexity index is 843. The summed E-state index contributed by atoms with van der Waals surface area (Å²) in [5.74, 6) is 0.0210. The first-order chi connectivity index (χ1) is 27.4. The van der Waals surface area contributed by atoms with Crippen molar-refractivity contribution in [3.63, 3.8) is 0 Å². The highest BCUT2D eigenvalue weighted by Crippen LogP contribution is 2.17. The fraction of sp³-hybridized carbons (Fsp3) is 0.940. The largest absolute Gasteiger partial charge is 0.462 e. The molecule has 0 aliphatic heterocycles. The number of ether oxygens (including phenoxy) is 3. The van der Waals surface area contributed by atoms with E-state index in [1.54, 1.807) is 0 Å². The van der Waals surface area contributed by atoms with Crippen molar-refractivity contribution in [2.75, 3.05) is 13.2 Å². The molecule has 0 rings (SSSR count). The highest BCUT2D eigenvalue weighted by Gasteiger charge is 2.19. The second-order valence-electron chi connectivity index (χ2n) is 17.3. The lowest BCUT2D eigenvalue weighted by Gasteiger charge is -2.18. The van der Waals surface area contributed by atoms with E-state index in [9.17, 15) is 14.4 Å². The molecule has 0 amide bonds. The number of carbonyl (C=O) groups excluding carboxylic acids is 3. The zero-order valence-electron chi connectivity index (χ0n) is 38.1. The molecule has 0 saturated carbocycles. The molecule has 0 radical (unpaired) electrons. The zero-order chi connectivity index (χ0) is 41.0. The molecule has 0 aliphatic carbocycles. The number of carbonyl (C=O) groups is 3. The van der Waals surface area contributed by atoms with Crippen LogP contribution >= 0.6 is 0 Å². The summed E-state index contributed by atoms with van der Waals surface area (Å²) in [5.41, 5.74) is 0. The molecule has 332 valence electrons. The van der Waals surface area contributed by atoms with Crippen LogP contribution in [0.2, 0.25) is 0 Å². The van der Waals surface area contributed by atoms with Crippen LogP contribution in [-0.2, 0) is 28.6 Å². The fourth-order valence-electron chi connectivity index (χ4n) is 7.48. The summed E-state index contributed by atoms with van der Waals surface area (Å²) in [4.78, 5) is 37.8. The Kier molecular flexibility index (Phi) is 43.2. The van der Waals surface area contributed by atoms with E-state index in [0.717, 1.165) is 63.7 Å². The molecule has 0 saturated heterocycles. The van der Waals surface area contributed by atoms with Crippen LogP contribution in [0.25, 0.3) is 0 Å². The molecule has 0 aromatic rings. The van der Waals surface area contributed by atoms with Gasteiger partial charge in [-0.2, -0.15) is 0 Å². The van der Waals surface area contributed by atoms with Gasteiger partial charge in [-0.15, -0.1) is 0 Å². The Morgan fingerprint density at radius 3 is 0.929 bits per heavy atom. The Morgan fingerprint density at radius 1 is 0.357 bits per heavy atom. The van der Waals surface area contributed by atoms with Crippen molar-refractivity contribution >= 4 is 17.9 Å². The van der Waals surface area contributed by atoms with E-state index < -0.39 is 6.10 Å². The van der Waals surface area contributed by atoms with Crippen LogP contribution in [0, 0.1) is 5.92 Å². The van der Waals surface area contributed by atoms with Crippen molar-refractivity contribution in [2.45, 2.75) is 284 Å². The average Bonchev–Trinajstić information content (AvgIpc) is 3.19. The van der Waals surface area contributed by atoms with Gasteiger partial charge in [-0.05, 0) is 25.2 Å². The van der Waals surface area contributed by atoms with E-state index in [4.69, 9.17) is 14.2 Å². The van der Waals surface area contributed by atoms with Crippen molar-refractivity contribution in [3.8, 4) is 0 Å². The molecular weight excluding hydrogens is 697 g/mol. The fourth-order valence-corrected chi connectivity index (χ4v) is 7.48. The SMILES string of the molecule is CCCCCCCCCCCCCCCCC(=O)OC[C@H](COC(=O)CCCCCCCCCCCCC(C)CC)OC(=O)CCCCCCCCCCCC. The molecule has 0 heterocycles. The number of esters is 3.